The zero-order valence-corrected chi connectivity index (χ0v) is 17.2. The number of likely N-dealkylation sites (N-methyl/N-ethyl adjacent to an activating group) is 1. The minimum atomic E-state index is -0.441. The lowest BCUT2D eigenvalue weighted by Crippen LogP contribution is -2.49. The molecule has 1 N–H and O–H groups in total. The van der Waals surface area contributed by atoms with E-state index in [2.05, 4.69) is 5.32 Å². The van der Waals surface area contributed by atoms with Crippen LogP contribution in [-0.2, 0) is 17.9 Å². The number of hydrogen-bond donors (Lipinski definition) is 1. The van der Waals surface area contributed by atoms with Gasteiger partial charge in [-0.05, 0) is 42.2 Å². The molecule has 1 heterocycles. The maximum atomic E-state index is 12.9. The zero-order valence-electron chi connectivity index (χ0n) is 15.7. The van der Waals surface area contributed by atoms with E-state index in [1.165, 1.54) is 0 Å². The normalized spacial score (nSPS) is 16.1. The molecule has 0 bridgehead atoms. The second kappa shape index (κ2) is 9.30. The van der Waals surface area contributed by atoms with E-state index in [4.69, 9.17) is 23.2 Å². The summed E-state index contributed by atoms with van der Waals surface area (Å²) in [4.78, 5) is 28.8. The Labute approximate surface area is 175 Å². The Kier molecular flexibility index (Phi) is 6.81. The molecule has 3 amide bonds. The van der Waals surface area contributed by atoms with Crippen molar-refractivity contribution in [1.29, 1.82) is 0 Å². The van der Waals surface area contributed by atoms with Crippen molar-refractivity contribution in [3.05, 3.63) is 69.7 Å². The molecule has 28 heavy (non-hydrogen) atoms. The van der Waals surface area contributed by atoms with E-state index >= 15 is 0 Å². The Morgan fingerprint density at radius 2 is 1.86 bits per heavy atom. The Hall–Kier alpha value is -2.24. The van der Waals surface area contributed by atoms with Gasteiger partial charge in [0.2, 0.25) is 5.91 Å². The standard InChI is InChI=1S/C21H23Cl2N3O2/c1-25(14-15-8-10-17(22)11-9-15)20(27)19-7-4-12-26(19)21(28)24-13-16-5-2-3-6-18(16)23/h2-3,5-6,8-11,19H,4,7,12-14H2,1H3,(H,24,28). The smallest absolute Gasteiger partial charge is 0.318 e. The molecule has 5 nitrogen and oxygen atoms in total. The molecule has 2 aromatic rings. The van der Waals surface area contributed by atoms with E-state index in [1.54, 1.807) is 35.0 Å². The molecule has 148 valence electrons. The summed E-state index contributed by atoms with van der Waals surface area (Å²) < 4.78 is 0. The number of nitrogens with zero attached hydrogens (tertiary/aromatic N) is 2. The Morgan fingerprint density at radius 1 is 1.14 bits per heavy atom. The fourth-order valence-electron chi connectivity index (χ4n) is 3.38. The lowest BCUT2D eigenvalue weighted by atomic mass is 10.1. The molecule has 0 aliphatic carbocycles. The molecule has 0 saturated carbocycles. The van der Waals surface area contributed by atoms with Gasteiger partial charge in [-0.15, -0.1) is 0 Å². The number of carbonyl (C=O) groups is 2. The number of carbonyl (C=O) groups excluding carboxylic acids is 2. The summed E-state index contributed by atoms with van der Waals surface area (Å²) in [5.74, 6) is -0.0552. The molecule has 1 saturated heterocycles. The molecule has 1 aliphatic heterocycles. The Morgan fingerprint density at radius 3 is 2.57 bits per heavy atom. The van der Waals surface area contributed by atoms with Crippen LogP contribution in [0.5, 0.6) is 0 Å². The molecular weight excluding hydrogens is 397 g/mol. The van der Waals surface area contributed by atoms with Gasteiger partial charge in [-0.2, -0.15) is 0 Å². The number of urea groups is 1. The first kappa shape index (κ1) is 20.5. The molecule has 0 aromatic heterocycles. The summed E-state index contributed by atoms with van der Waals surface area (Å²) >= 11 is 12.1. The van der Waals surface area contributed by atoms with Crippen molar-refractivity contribution in [2.24, 2.45) is 0 Å². The fraction of sp³-hybridized carbons (Fsp3) is 0.333. The number of rotatable bonds is 5. The first-order chi connectivity index (χ1) is 13.5. The monoisotopic (exact) mass is 419 g/mol. The van der Waals surface area contributed by atoms with E-state index in [0.717, 1.165) is 17.5 Å². The van der Waals surface area contributed by atoms with Crippen LogP contribution in [0.15, 0.2) is 48.5 Å². The highest BCUT2D eigenvalue weighted by molar-refractivity contribution is 6.31. The fourth-order valence-corrected chi connectivity index (χ4v) is 3.71. The minimum Gasteiger partial charge on any atom is -0.340 e. The average molecular weight is 420 g/mol. The summed E-state index contributed by atoms with van der Waals surface area (Å²) in [5.41, 5.74) is 1.84. The molecule has 1 aliphatic rings. The highest BCUT2D eigenvalue weighted by atomic mass is 35.5. The van der Waals surface area contributed by atoms with Crippen LogP contribution in [0.4, 0.5) is 4.79 Å². The predicted octanol–water partition coefficient (Wildman–Crippen LogP) is 4.33. The van der Waals surface area contributed by atoms with Gasteiger partial charge in [0.05, 0.1) is 0 Å². The number of nitrogens with one attached hydrogen (secondary N) is 1. The van der Waals surface area contributed by atoms with Crippen molar-refractivity contribution in [3.63, 3.8) is 0 Å². The van der Waals surface area contributed by atoms with Gasteiger partial charge in [0.25, 0.3) is 0 Å². The number of amides is 3. The number of halogens is 2. The highest BCUT2D eigenvalue weighted by Crippen LogP contribution is 2.21. The van der Waals surface area contributed by atoms with Crippen LogP contribution in [0.25, 0.3) is 0 Å². The SMILES string of the molecule is CN(Cc1ccc(Cl)cc1)C(=O)C1CCCN1C(=O)NCc1ccccc1Cl. The van der Waals surface area contributed by atoms with Crippen LogP contribution in [0.1, 0.15) is 24.0 Å². The summed E-state index contributed by atoms with van der Waals surface area (Å²) in [6, 6.07) is 14.1. The van der Waals surface area contributed by atoms with Crippen molar-refractivity contribution in [2.75, 3.05) is 13.6 Å². The molecule has 1 fully saturated rings. The quantitative estimate of drug-likeness (QED) is 0.783. The van der Waals surface area contributed by atoms with E-state index in [0.29, 0.717) is 36.1 Å². The van der Waals surface area contributed by atoms with Crippen LogP contribution >= 0.6 is 23.2 Å². The molecule has 1 unspecified atom stereocenters. The largest absolute Gasteiger partial charge is 0.340 e. The highest BCUT2D eigenvalue weighted by Gasteiger charge is 2.35. The van der Waals surface area contributed by atoms with Gasteiger partial charge >= 0.3 is 6.03 Å². The van der Waals surface area contributed by atoms with Crippen molar-refractivity contribution in [1.82, 2.24) is 15.1 Å². The third-order valence-corrected chi connectivity index (χ3v) is 5.52. The Bertz CT molecular complexity index is 842. The van der Waals surface area contributed by atoms with Crippen LogP contribution in [-0.4, -0.2) is 41.4 Å². The summed E-state index contributed by atoms with van der Waals surface area (Å²) in [6.07, 6.45) is 1.48. The maximum absolute atomic E-state index is 12.9. The van der Waals surface area contributed by atoms with E-state index in [9.17, 15) is 9.59 Å². The van der Waals surface area contributed by atoms with Gasteiger partial charge in [-0.1, -0.05) is 53.5 Å². The van der Waals surface area contributed by atoms with Crippen molar-refractivity contribution >= 4 is 35.1 Å². The van der Waals surface area contributed by atoms with Crippen LogP contribution in [0.2, 0.25) is 10.0 Å². The van der Waals surface area contributed by atoms with E-state index < -0.39 is 6.04 Å². The lowest BCUT2D eigenvalue weighted by Gasteiger charge is -2.28. The first-order valence-electron chi connectivity index (χ1n) is 9.23. The molecule has 0 radical (unpaired) electrons. The van der Waals surface area contributed by atoms with Gasteiger partial charge in [0.1, 0.15) is 6.04 Å². The van der Waals surface area contributed by atoms with Crippen LogP contribution < -0.4 is 5.32 Å². The van der Waals surface area contributed by atoms with Gasteiger partial charge in [0, 0.05) is 36.7 Å². The minimum absolute atomic E-state index is 0.0552. The van der Waals surface area contributed by atoms with Crippen molar-refractivity contribution < 1.29 is 9.59 Å². The summed E-state index contributed by atoms with van der Waals surface area (Å²) in [5, 5.41) is 4.15. The predicted molar refractivity (Wildman–Crippen MR) is 111 cm³/mol. The van der Waals surface area contributed by atoms with Gasteiger partial charge in [-0.25, -0.2) is 4.79 Å². The van der Waals surface area contributed by atoms with Gasteiger partial charge in [-0.3, -0.25) is 4.79 Å². The first-order valence-corrected chi connectivity index (χ1v) is 9.98. The van der Waals surface area contributed by atoms with E-state index in [1.807, 2.05) is 30.3 Å². The third-order valence-electron chi connectivity index (χ3n) is 4.90. The number of likely N-dealkylation sites (tertiary alicyclic amines) is 1. The molecule has 0 spiro atoms. The molecule has 2 aromatic carbocycles. The lowest BCUT2D eigenvalue weighted by molar-refractivity contribution is -0.134. The summed E-state index contributed by atoms with van der Waals surface area (Å²) in [6.45, 7) is 1.37. The molecule has 3 rings (SSSR count). The number of benzene rings is 2. The second-order valence-corrected chi connectivity index (χ2v) is 7.77. The van der Waals surface area contributed by atoms with Crippen molar-refractivity contribution in [3.8, 4) is 0 Å². The molecule has 1 atom stereocenters. The molecular formula is C21H23Cl2N3O2. The molecule has 7 heteroatoms. The van der Waals surface area contributed by atoms with Gasteiger partial charge in [0.15, 0.2) is 0 Å². The topological polar surface area (TPSA) is 52.7 Å². The van der Waals surface area contributed by atoms with Crippen LogP contribution in [0.3, 0.4) is 0 Å². The Balaban J connectivity index is 1.59. The van der Waals surface area contributed by atoms with Gasteiger partial charge < -0.3 is 15.1 Å². The van der Waals surface area contributed by atoms with Crippen molar-refractivity contribution in [2.45, 2.75) is 32.0 Å². The second-order valence-electron chi connectivity index (χ2n) is 6.92. The average Bonchev–Trinajstić information content (AvgIpc) is 3.18. The zero-order chi connectivity index (χ0) is 20.1. The van der Waals surface area contributed by atoms with Crippen LogP contribution in [0, 0.1) is 0 Å². The van der Waals surface area contributed by atoms with E-state index in [-0.39, 0.29) is 11.9 Å². The third kappa shape index (κ3) is 4.97. The number of hydrogen-bond acceptors (Lipinski definition) is 2. The summed E-state index contributed by atoms with van der Waals surface area (Å²) in [7, 11) is 1.76. The maximum Gasteiger partial charge on any atom is 0.318 e.